The Morgan fingerprint density at radius 1 is 1.07 bits per heavy atom. The van der Waals surface area contributed by atoms with E-state index < -0.39 is 0 Å². The Bertz CT molecular complexity index is 1110. The van der Waals surface area contributed by atoms with Crippen LogP contribution in [0.4, 0.5) is 0 Å². The highest BCUT2D eigenvalue weighted by molar-refractivity contribution is 5.82. The molecule has 5 atom stereocenters. The van der Waals surface area contributed by atoms with Crippen LogP contribution in [0.1, 0.15) is 63.4 Å². The van der Waals surface area contributed by atoms with Crippen LogP contribution in [0, 0.1) is 22.2 Å². The first kappa shape index (κ1) is 17.7. The molecule has 1 aromatic carbocycles. The molecule has 0 radical (unpaired) electrons. The van der Waals surface area contributed by atoms with Crippen LogP contribution < -0.4 is 5.32 Å². The molecule has 2 bridgehead atoms. The molecule has 2 heterocycles. The number of pyridine rings is 1. The highest BCUT2D eigenvalue weighted by Gasteiger charge is 2.64. The third-order valence-electron chi connectivity index (χ3n) is 10.2. The fourth-order valence-electron chi connectivity index (χ4n) is 8.80. The summed E-state index contributed by atoms with van der Waals surface area (Å²) in [5, 5.41) is 6.26. The number of aromatic nitrogens is 1. The molecule has 7 rings (SSSR count). The smallest absolute Gasteiger partial charge is 0.0346 e. The van der Waals surface area contributed by atoms with Crippen molar-refractivity contribution in [2.24, 2.45) is 22.2 Å². The van der Waals surface area contributed by atoms with Crippen molar-refractivity contribution in [3.05, 3.63) is 65.5 Å². The molecule has 3 fully saturated rings. The molecule has 1 N–H and O–H groups in total. The number of nitrogens with one attached hydrogen (secondary N) is 1. The molecule has 1 saturated heterocycles. The standard InChI is InChI=1S/C28H32N2/c1-26-8-6-22-15-23-17-30-13-11-27(23)9-10-28(22,18-27)25(26)5-4-24(26)20-3-2-19-7-12-29-16-21(19)14-20/h2-3,6-7,12,14-16,24-25,30H,4-5,8-11,13,17-18H2,1H3/t24-,25-,26-,27+,28-/m1/s1. The third kappa shape index (κ3) is 2.11. The fraction of sp³-hybridized carbons (Fsp3) is 0.536. The quantitative estimate of drug-likeness (QED) is 0.625. The highest BCUT2D eigenvalue weighted by atomic mass is 14.9. The number of rotatable bonds is 1. The first-order chi connectivity index (χ1) is 14.6. The highest BCUT2D eigenvalue weighted by Crippen LogP contribution is 2.74. The molecule has 154 valence electrons. The van der Waals surface area contributed by atoms with Gasteiger partial charge in [-0.2, -0.15) is 0 Å². The molecular weight excluding hydrogens is 364 g/mol. The van der Waals surface area contributed by atoms with Crippen LogP contribution >= 0.6 is 0 Å². The Morgan fingerprint density at radius 3 is 3.00 bits per heavy atom. The summed E-state index contributed by atoms with van der Waals surface area (Å²) in [4.78, 5) is 4.38. The van der Waals surface area contributed by atoms with Gasteiger partial charge < -0.3 is 5.32 Å². The van der Waals surface area contributed by atoms with Gasteiger partial charge in [-0.3, -0.25) is 4.98 Å². The van der Waals surface area contributed by atoms with E-state index in [1.165, 1.54) is 62.3 Å². The summed E-state index contributed by atoms with van der Waals surface area (Å²) >= 11 is 0. The first-order valence-electron chi connectivity index (χ1n) is 12.1. The van der Waals surface area contributed by atoms with Gasteiger partial charge in [-0.15, -0.1) is 0 Å². The maximum absolute atomic E-state index is 4.38. The van der Waals surface area contributed by atoms with Crippen molar-refractivity contribution in [3.8, 4) is 0 Å². The van der Waals surface area contributed by atoms with Gasteiger partial charge in [0.15, 0.2) is 0 Å². The fourth-order valence-corrected chi connectivity index (χ4v) is 8.80. The van der Waals surface area contributed by atoms with Crippen LogP contribution in [0.25, 0.3) is 10.8 Å². The molecule has 2 aromatic rings. The van der Waals surface area contributed by atoms with Gasteiger partial charge in [-0.05, 0) is 114 Å². The largest absolute Gasteiger partial charge is 0.313 e. The van der Waals surface area contributed by atoms with Gasteiger partial charge in [-0.1, -0.05) is 31.2 Å². The van der Waals surface area contributed by atoms with Crippen LogP contribution in [0.2, 0.25) is 0 Å². The van der Waals surface area contributed by atoms with E-state index in [0.717, 1.165) is 12.5 Å². The normalized spacial score (nSPS) is 41.6. The predicted octanol–water partition coefficient (Wildman–Crippen LogP) is 6.15. The SMILES string of the molecule is C[C@]12CC=C3C=C4CNCC[C@]45CC[C@]3(C5)[C@@H]1CC[C@@H]2c1ccc2ccncc2c1. The summed E-state index contributed by atoms with van der Waals surface area (Å²) in [5.41, 5.74) is 6.38. The van der Waals surface area contributed by atoms with Crippen molar-refractivity contribution in [2.45, 2.75) is 57.8 Å². The molecule has 2 nitrogen and oxygen atoms in total. The van der Waals surface area contributed by atoms with E-state index in [2.05, 4.69) is 53.6 Å². The maximum Gasteiger partial charge on any atom is 0.0346 e. The molecule has 0 unspecified atom stereocenters. The minimum atomic E-state index is 0.392. The molecule has 30 heavy (non-hydrogen) atoms. The zero-order valence-corrected chi connectivity index (χ0v) is 18.1. The number of fused-ring (bicyclic) bond motifs is 2. The van der Waals surface area contributed by atoms with Crippen molar-refractivity contribution in [2.75, 3.05) is 13.1 Å². The van der Waals surface area contributed by atoms with Crippen LogP contribution in [0.3, 0.4) is 0 Å². The molecule has 2 heteroatoms. The summed E-state index contributed by atoms with van der Waals surface area (Å²) < 4.78 is 0. The van der Waals surface area contributed by atoms with E-state index in [1.807, 2.05) is 12.4 Å². The van der Waals surface area contributed by atoms with Gasteiger partial charge in [-0.25, -0.2) is 0 Å². The lowest BCUT2D eigenvalue weighted by molar-refractivity contribution is 0.0569. The molecule has 5 aliphatic rings. The van der Waals surface area contributed by atoms with Crippen LogP contribution in [0.5, 0.6) is 0 Å². The molecular formula is C28H32N2. The third-order valence-corrected chi connectivity index (χ3v) is 10.2. The van der Waals surface area contributed by atoms with Crippen molar-refractivity contribution < 1.29 is 0 Å². The Morgan fingerprint density at radius 2 is 2.03 bits per heavy atom. The van der Waals surface area contributed by atoms with E-state index in [0.29, 0.717) is 22.2 Å². The van der Waals surface area contributed by atoms with Crippen LogP contribution in [-0.4, -0.2) is 18.1 Å². The van der Waals surface area contributed by atoms with E-state index in [-0.39, 0.29) is 0 Å². The van der Waals surface area contributed by atoms with Crippen molar-refractivity contribution in [1.29, 1.82) is 0 Å². The van der Waals surface area contributed by atoms with Gasteiger partial charge in [0.1, 0.15) is 0 Å². The minimum Gasteiger partial charge on any atom is -0.313 e. The number of hydrogen-bond acceptors (Lipinski definition) is 2. The van der Waals surface area contributed by atoms with Crippen molar-refractivity contribution >= 4 is 10.8 Å². The van der Waals surface area contributed by atoms with Crippen molar-refractivity contribution in [1.82, 2.24) is 10.3 Å². The van der Waals surface area contributed by atoms with E-state index in [9.17, 15) is 0 Å². The van der Waals surface area contributed by atoms with Gasteiger partial charge in [0.25, 0.3) is 0 Å². The summed E-state index contributed by atoms with van der Waals surface area (Å²) in [7, 11) is 0. The van der Waals surface area contributed by atoms with Gasteiger partial charge in [0, 0.05) is 24.3 Å². The Balaban J connectivity index is 1.32. The second kappa shape index (κ2) is 5.85. The average molecular weight is 397 g/mol. The van der Waals surface area contributed by atoms with E-state index in [4.69, 9.17) is 0 Å². The Kier molecular flexibility index (Phi) is 3.46. The lowest BCUT2D eigenvalue weighted by atomic mass is 9.50. The van der Waals surface area contributed by atoms with Crippen molar-refractivity contribution in [3.63, 3.8) is 0 Å². The lowest BCUT2D eigenvalue weighted by Crippen LogP contribution is -2.47. The average Bonchev–Trinajstić information content (AvgIpc) is 3.29. The lowest BCUT2D eigenvalue weighted by Gasteiger charge is -2.54. The molecule has 1 aliphatic heterocycles. The molecule has 1 aromatic heterocycles. The Hall–Kier alpha value is -1.93. The Labute approximate surface area is 179 Å². The van der Waals surface area contributed by atoms with Gasteiger partial charge in [0.2, 0.25) is 0 Å². The molecule has 2 saturated carbocycles. The predicted molar refractivity (Wildman–Crippen MR) is 122 cm³/mol. The number of allylic oxidation sites excluding steroid dienone is 3. The van der Waals surface area contributed by atoms with Gasteiger partial charge >= 0.3 is 0 Å². The summed E-state index contributed by atoms with van der Waals surface area (Å²) in [6.07, 6.45) is 18.9. The number of nitrogens with zero attached hydrogens (tertiary/aromatic N) is 1. The van der Waals surface area contributed by atoms with Gasteiger partial charge in [0.05, 0.1) is 0 Å². The number of piperidine rings is 1. The maximum atomic E-state index is 4.38. The zero-order chi connectivity index (χ0) is 20.0. The molecule has 4 aliphatic carbocycles. The first-order valence-corrected chi connectivity index (χ1v) is 12.1. The topological polar surface area (TPSA) is 24.9 Å². The summed E-state index contributed by atoms with van der Waals surface area (Å²) in [6.45, 7) is 4.97. The monoisotopic (exact) mass is 396 g/mol. The molecule has 2 spiro atoms. The molecule has 0 amide bonds. The summed E-state index contributed by atoms with van der Waals surface area (Å²) in [5.74, 6) is 1.51. The van der Waals surface area contributed by atoms with Crippen LogP contribution in [-0.2, 0) is 0 Å². The van der Waals surface area contributed by atoms with Crippen LogP contribution in [0.15, 0.2) is 60.0 Å². The van der Waals surface area contributed by atoms with E-state index >= 15 is 0 Å². The minimum absolute atomic E-state index is 0.392. The second-order valence-corrected chi connectivity index (χ2v) is 11.2. The zero-order valence-electron chi connectivity index (χ0n) is 18.1. The number of benzene rings is 1. The summed E-state index contributed by atoms with van der Waals surface area (Å²) in [6, 6.07) is 9.31. The number of hydrogen-bond donors (Lipinski definition) is 1. The second-order valence-electron chi connectivity index (χ2n) is 11.2. The van der Waals surface area contributed by atoms with E-state index in [1.54, 1.807) is 16.7 Å².